The molecule has 1 N–H and O–H groups in total. The third-order valence-electron chi connectivity index (χ3n) is 4.54. The zero-order chi connectivity index (χ0) is 21.7. The van der Waals surface area contributed by atoms with Gasteiger partial charge >= 0.3 is 0 Å². The Morgan fingerprint density at radius 2 is 1.43 bits per heavy atom. The number of ether oxygens (including phenoxy) is 2. The normalized spacial score (nSPS) is 10.9. The van der Waals surface area contributed by atoms with Crippen LogP contribution in [0.4, 0.5) is 11.4 Å². The fourth-order valence-corrected chi connectivity index (χ4v) is 4.01. The minimum atomic E-state index is -3.85. The number of nitrogens with zero attached hydrogens (tertiary/aromatic N) is 1. The Morgan fingerprint density at radius 1 is 0.867 bits per heavy atom. The fourth-order valence-electron chi connectivity index (χ4n) is 2.76. The molecule has 3 aromatic rings. The molecule has 3 aromatic carbocycles. The highest BCUT2D eigenvalue weighted by atomic mass is 32.2. The Bertz CT molecular complexity index is 1130. The molecule has 0 heterocycles. The van der Waals surface area contributed by atoms with Crippen LogP contribution in [0.15, 0.2) is 77.7 Å². The van der Waals surface area contributed by atoms with Crippen molar-refractivity contribution in [3.8, 4) is 11.5 Å². The second kappa shape index (κ2) is 8.87. The summed E-state index contributed by atoms with van der Waals surface area (Å²) in [7, 11) is 0.704. The highest BCUT2D eigenvalue weighted by Gasteiger charge is 2.22. The summed E-state index contributed by atoms with van der Waals surface area (Å²) in [6.45, 7) is 0. The highest BCUT2D eigenvalue weighted by molar-refractivity contribution is 7.92. The van der Waals surface area contributed by atoms with Gasteiger partial charge in [0.2, 0.25) is 0 Å². The van der Waals surface area contributed by atoms with Gasteiger partial charge < -0.3 is 14.8 Å². The molecular formula is C22H22N2O5S. The highest BCUT2D eigenvalue weighted by Crippen LogP contribution is 2.25. The molecule has 1 amide bonds. The standard InChI is InChI=1S/C22H22N2O5S/c1-24(18-9-13-20(29-3)14-10-18)30(26,27)21-6-4-5-16(15-21)22(25)23-17-7-11-19(28-2)12-8-17/h4-15H,1-3H3,(H,23,25). The van der Waals surface area contributed by atoms with Gasteiger partial charge in [-0.25, -0.2) is 8.42 Å². The van der Waals surface area contributed by atoms with Crippen molar-refractivity contribution in [2.75, 3.05) is 30.9 Å². The van der Waals surface area contributed by atoms with Crippen molar-refractivity contribution in [1.29, 1.82) is 0 Å². The number of rotatable bonds is 7. The largest absolute Gasteiger partial charge is 0.497 e. The monoisotopic (exact) mass is 426 g/mol. The van der Waals surface area contributed by atoms with Crippen LogP contribution in [-0.2, 0) is 10.0 Å². The summed E-state index contributed by atoms with van der Waals surface area (Å²) >= 11 is 0. The van der Waals surface area contributed by atoms with Gasteiger partial charge in [-0.2, -0.15) is 0 Å². The van der Waals surface area contributed by atoms with Crippen LogP contribution in [0, 0.1) is 0 Å². The molecule has 7 nitrogen and oxygen atoms in total. The van der Waals surface area contributed by atoms with Crippen molar-refractivity contribution >= 4 is 27.3 Å². The lowest BCUT2D eigenvalue weighted by Crippen LogP contribution is -2.26. The molecule has 0 atom stereocenters. The topological polar surface area (TPSA) is 84.9 Å². The summed E-state index contributed by atoms with van der Waals surface area (Å²) in [4.78, 5) is 12.6. The molecule has 0 aliphatic carbocycles. The first-order valence-electron chi connectivity index (χ1n) is 9.03. The zero-order valence-electron chi connectivity index (χ0n) is 16.8. The molecule has 30 heavy (non-hydrogen) atoms. The van der Waals surface area contributed by atoms with Crippen molar-refractivity contribution in [3.05, 3.63) is 78.4 Å². The Balaban J connectivity index is 1.82. The molecule has 0 radical (unpaired) electrons. The number of hydrogen-bond donors (Lipinski definition) is 1. The van der Waals surface area contributed by atoms with Gasteiger partial charge in [-0.15, -0.1) is 0 Å². The minimum absolute atomic E-state index is 0.0169. The molecule has 3 rings (SSSR count). The maximum absolute atomic E-state index is 13.0. The van der Waals surface area contributed by atoms with E-state index in [4.69, 9.17) is 9.47 Å². The van der Waals surface area contributed by atoms with Crippen LogP contribution in [-0.4, -0.2) is 35.6 Å². The Morgan fingerprint density at radius 3 is 2.00 bits per heavy atom. The maximum atomic E-state index is 13.0. The Kier molecular flexibility index (Phi) is 6.27. The van der Waals surface area contributed by atoms with Crippen molar-refractivity contribution in [1.82, 2.24) is 0 Å². The van der Waals surface area contributed by atoms with Gasteiger partial charge in [0.15, 0.2) is 0 Å². The van der Waals surface area contributed by atoms with Crippen LogP contribution in [0.3, 0.4) is 0 Å². The number of anilines is 2. The third-order valence-corrected chi connectivity index (χ3v) is 6.32. The molecule has 0 aliphatic rings. The van der Waals surface area contributed by atoms with E-state index in [1.165, 1.54) is 32.4 Å². The molecule has 156 valence electrons. The van der Waals surface area contributed by atoms with Crippen molar-refractivity contribution in [2.45, 2.75) is 4.90 Å². The number of benzene rings is 3. The van der Waals surface area contributed by atoms with E-state index in [0.29, 0.717) is 22.9 Å². The molecule has 0 saturated carbocycles. The van der Waals surface area contributed by atoms with Gasteiger partial charge in [-0.1, -0.05) is 6.07 Å². The number of carbonyl (C=O) groups excluding carboxylic acids is 1. The number of hydrogen-bond acceptors (Lipinski definition) is 5. The molecule has 8 heteroatoms. The quantitative estimate of drug-likeness (QED) is 0.621. The van der Waals surface area contributed by atoms with Gasteiger partial charge in [-0.3, -0.25) is 9.10 Å². The SMILES string of the molecule is COc1ccc(NC(=O)c2cccc(S(=O)(=O)N(C)c3ccc(OC)cc3)c2)cc1. The minimum Gasteiger partial charge on any atom is -0.497 e. The van der Waals surface area contributed by atoms with Gasteiger partial charge in [0.25, 0.3) is 15.9 Å². The second-order valence-electron chi connectivity index (χ2n) is 6.38. The predicted molar refractivity (Wildman–Crippen MR) is 116 cm³/mol. The van der Waals surface area contributed by atoms with E-state index >= 15 is 0 Å². The van der Waals surface area contributed by atoms with E-state index in [2.05, 4.69) is 5.32 Å². The molecule has 0 fully saturated rings. The van der Waals surface area contributed by atoms with Gasteiger partial charge in [0, 0.05) is 18.3 Å². The maximum Gasteiger partial charge on any atom is 0.264 e. The molecule has 0 bridgehead atoms. The molecule has 0 aliphatic heterocycles. The van der Waals surface area contributed by atoms with Gasteiger partial charge in [0.05, 0.1) is 24.8 Å². The lowest BCUT2D eigenvalue weighted by atomic mass is 10.2. The van der Waals surface area contributed by atoms with Crippen molar-refractivity contribution in [3.63, 3.8) is 0 Å². The summed E-state index contributed by atoms with van der Waals surface area (Å²) in [5.74, 6) is 0.883. The van der Waals surface area contributed by atoms with Crippen LogP contribution in [0.1, 0.15) is 10.4 Å². The van der Waals surface area contributed by atoms with E-state index in [1.807, 2.05) is 0 Å². The summed E-state index contributed by atoms with van der Waals surface area (Å²) in [6.07, 6.45) is 0. The lowest BCUT2D eigenvalue weighted by Gasteiger charge is -2.20. The van der Waals surface area contributed by atoms with Crippen LogP contribution in [0.2, 0.25) is 0 Å². The first-order valence-corrected chi connectivity index (χ1v) is 10.5. The number of methoxy groups -OCH3 is 2. The van der Waals surface area contributed by atoms with Crippen LogP contribution in [0.5, 0.6) is 11.5 Å². The number of nitrogens with one attached hydrogen (secondary N) is 1. The molecule has 0 saturated heterocycles. The van der Waals surface area contributed by atoms with Gasteiger partial charge in [-0.05, 0) is 66.7 Å². The smallest absolute Gasteiger partial charge is 0.264 e. The molecule has 0 spiro atoms. The third kappa shape index (κ3) is 4.55. The summed E-state index contributed by atoms with van der Waals surface area (Å²) < 4.78 is 37.4. The van der Waals surface area contributed by atoms with E-state index in [9.17, 15) is 13.2 Å². The second-order valence-corrected chi connectivity index (χ2v) is 8.35. The number of carbonyl (C=O) groups is 1. The summed E-state index contributed by atoms with van der Waals surface area (Å²) in [5, 5.41) is 2.74. The van der Waals surface area contributed by atoms with Crippen molar-refractivity contribution in [2.24, 2.45) is 0 Å². The van der Waals surface area contributed by atoms with Crippen LogP contribution in [0.25, 0.3) is 0 Å². The molecular weight excluding hydrogens is 404 g/mol. The molecule has 0 aromatic heterocycles. The van der Waals surface area contributed by atoms with E-state index < -0.39 is 15.9 Å². The van der Waals surface area contributed by atoms with Crippen molar-refractivity contribution < 1.29 is 22.7 Å². The number of amides is 1. The average molecular weight is 426 g/mol. The van der Waals surface area contributed by atoms with E-state index in [1.54, 1.807) is 61.7 Å². The van der Waals surface area contributed by atoms with Crippen LogP contribution < -0.4 is 19.1 Å². The Labute approximate surface area is 175 Å². The fraction of sp³-hybridized carbons (Fsp3) is 0.136. The molecule has 0 unspecified atom stereocenters. The first kappa shape index (κ1) is 21.2. The average Bonchev–Trinajstić information content (AvgIpc) is 2.79. The summed E-state index contributed by atoms with van der Waals surface area (Å²) in [5.41, 5.74) is 1.28. The van der Waals surface area contributed by atoms with E-state index in [0.717, 1.165) is 4.31 Å². The number of sulfonamides is 1. The Hall–Kier alpha value is -3.52. The van der Waals surface area contributed by atoms with Crippen LogP contribution >= 0.6 is 0 Å². The van der Waals surface area contributed by atoms with Gasteiger partial charge in [0.1, 0.15) is 11.5 Å². The first-order chi connectivity index (χ1) is 14.3. The summed E-state index contributed by atoms with van der Waals surface area (Å²) in [6, 6.07) is 19.4. The predicted octanol–water partition coefficient (Wildman–Crippen LogP) is 3.78. The zero-order valence-corrected chi connectivity index (χ0v) is 17.6. The lowest BCUT2D eigenvalue weighted by molar-refractivity contribution is 0.102. The van der Waals surface area contributed by atoms with E-state index in [-0.39, 0.29) is 10.5 Å².